The highest BCUT2D eigenvalue weighted by atomic mass is 16.5. The summed E-state index contributed by atoms with van der Waals surface area (Å²) in [4.78, 5) is 2.43. The molecule has 0 aliphatic carbocycles. The molecule has 4 aliphatic rings. The van der Waals surface area contributed by atoms with E-state index in [4.69, 9.17) is 11.2 Å². The number of methoxy groups -OCH3 is 1. The third kappa shape index (κ3) is 3.16. The minimum atomic E-state index is -0.516. The Hall–Kier alpha value is -2.22. The van der Waals surface area contributed by atoms with Crippen LogP contribution in [0.3, 0.4) is 0 Å². The van der Waals surface area contributed by atoms with Crippen LogP contribution in [-0.4, -0.2) is 48.9 Å². The highest BCUT2D eigenvalue weighted by Gasteiger charge is 2.47. The Bertz CT molecular complexity index is 794. The average Bonchev–Trinajstić information content (AvgIpc) is 2.72. The van der Waals surface area contributed by atoms with Gasteiger partial charge in [-0.1, -0.05) is 12.2 Å². The summed E-state index contributed by atoms with van der Waals surface area (Å²) in [7, 11) is 1.67. The molecule has 4 heteroatoms. The molecule has 0 spiro atoms. The number of hydrogen-bond donors (Lipinski definition) is 2. The molecule has 3 fully saturated rings. The number of rotatable bonds is 5. The number of piperidine rings is 3. The average molecular weight is 364 g/mol. The van der Waals surface area contributed by atoms with Gasteiger partial charge in [0.15, 0.2) is 0 Å². The van der Waals surface area contributed by atoms with E-state index in [9.17, 15) is 5.11 Å². The summed E-state index contributed by atoms with van der Waals surface area (Å²) < 4.78 is 5.40. The number of anilines is 1. The zero-order chi connectivity index (χ0) is 19.0. The van der Waals surface area contributed by atoms with E-state index in [-0.39, 0.29) is 6.04 Å². The van der Waals surface area contributed by atoms with Gasteiger partial charge in [-0.25, -0.2) is 0 Å². The number of nitrogens with one attached hydrogen (secondary N) is 1. The Labute approximate surface area is 161 Å². The first-order valence-corrected chi connectivity index (χ1v) is 9.76. The van der Waals surface area contributed by atoms with Gasteiger partial charge in [0, 0.05) is 43.3 Å². The van der Waals surface area contributed by atoms with Crippen molar-refractivity contribution in [3.05, 3.63) is 42.5 Å². The van der Waals surface area contributed by atoms with E-state index < -0.39 is 6.10 Å². The highest BCUT2D eigenvalue weighted by molar-refractivity contribution is 5.82. The molecule has 0 radical (unpaired) electrons. The van der Waals surface area contributed by atoms with Crippen molar-refractivity contribution in [1.82, 2.24) is 4.90 Å². The quantitative estimate of drug-likeness (QED) is 0.623. The van der Waals surface area contributed by atoms with Gasteiger partial charge < -0.3 is 15.2 Å². The lowest BCUT2D eigenvalue weighted by Crippen LogP contribution is -2.60. The van der Waals surface area contributed by atoms with Gasteiger partial charge in [0.25, 0.3) is 0 Å². The molecule has 27 heavy (non-hydrogen) atoms. The molecule has 3 saturated heterocycles. The van der Waals surface area contributed by atoms with Crippen LogP contribution in [0.2, 0.25) is 0 Å². The van der Waals surface area contributed by atoms with Gasteiger partial charge >= 0.3 is 0 Å². The maximum atomic E-state index is 11.4. The number of nitrogens with zero attached hydrogens (tertiary/aromatic N) is 1. The second-order valence-electron chi connectivity index (χ2n) is 7.89. The number of hydrogen-bond acceptors (Lipinski definition) is 4. The molecule has 3 unspecified atom stereocenters. The van der Waals surface area contributed by atoms with E-state index in [1.54, 1.807) is 7.11 Å². The Balaban J connectivity index is 1.60. The van der Waals surface area contributed by atoms with Gasteiger partial charge in [0.1, 0.15) is 5.75 Å². The molecule has 4 nitrogen and oxygen atoms in total. The first-order valence-electron chi connectivity index (χ1n) is 9.76. The molecule has 0 amide bonds. The van der Waals surface area contributed by atoms with Crippen molar-refractivity contribution < 1.29 is 9.84 Å². The van der Waals surface area contributed by atoms with E-state index in [0.717, 1.165) is 55.0 Å². The molecule has 2 N–H and O–H groups in total. The van der Waals surface area contributed by atoms with Crippen LogP contribution in [0.15, 0.2) is 36.9 Å². The van der Waals surface area contributed by atoms with Crippen LogP contribution in [0, 0.1) is 30.1 Å². The fraction of sp³-hybridized carbons (Fsp3) is 0.478. The SMILES string of the molecule is C#CCC1CN2C[C@H](C=C)C1C[C@H]2[C@H](O)C1=CCNc2ccc(OC)cc21. The second kappa shape index (κ2) is 7.42. The lowest BCUT2D eigenvalue weighted by molar-refractivity contribution is -0.0585. The van der Waals surface area contributed by atoms with Crippen molar-refractivity contribution in [2.24, 2.45) is 17.8 Å². The van der Waals surface area contributed by atoms with Crippen LogP contribution in [0.25, 0.3) is 5.57 Å². The van der Waals surface area contributed by atoms with Gasteiger partial charge in [-0.2, -0.15) is 0 Å². The van der Waals surface area contributed by atoms with Crippen LogP contribution < -0.4 is 10.1 Å². The molecular weight excluding hydrogens is 336 g/mol. The predicted molar refractivity (Wildman–Crippen MR) is 110 cm³/mol. The molecule has 6 atom stereocenters. The summed E-state index contributed by atoms with van der Waals surface area (Å²) in [6.45, 7) is 6.70. The third-order valence-electron chi connectivity index (χ3n) is 6.57. The van der Waals surface area contributed by atoms with Crippen LogP contribution in [-0.2, 0) is 0 Å². The Morgan fingerprint density at radius 3 is 3.04 bits per heavy atom. The first-order chi connectivity index (χ1) is 13.2. The Kier molecular flexibility index (Phi) is 4.99. The number of aliphatic hydroxyl groups excluding tert-OH is 1. The molecule has 4 aliphatic heterocycles. The van der Waals surface area contributed by atoms with Gasteiger partial charge in [-0.3, -0.25) is 4.90 Å². The first kappa shape index (κ1) is 18.2. The second-order valence-corrected chi connectivity index (χ2v) is 7.89. The fourth-order valence-electron chi connectivity index (χ4n) is 5.19. The summed E-state index contributed by atoms with van der Waals surface area (Å²) >= 11 is 0. The lowest BCUT2D eigenvalue weighted by atomic mass is 9.67. The Morgan fingerprint density at radius 1 is 1.48 bits per heavy atom. The van der Waals surface area contributed by atoms with Crippen molar-refractivity contribution >= 4 is 11.3 Å². The van der Waals surface area contributed by atoms with Gasteiger partial charge in [-0.15, -0.1) is 18.9 Å². The van der Waals surface area contributed by atoms with Crippen molar-refractivity contribution in [3.63, 3.8) is 0 Å². The molecule has 1 aromatic carbocycles. The van der Waals surface area contributed by atoms with Crippen molar-refractivity contribution in [2.45, 2.75) is 25.0 Å². The third-order valence-corrected chi connectivity index (χ3v) is 6.57. The van der Waals surface area contributed by atoms with Gasteiger partial charge in [-0.05, 0) is 47.9 Å². The summed E-state index contributed by atoms with van der Waals surface area (Å²) in [5.41, 5.74) is 3.09. The molecule has 5 rings (SSSR count). The van der Waals surface area contributed by atoms with E-state index in [1.165, 1.54) is 0 Å². The highest BCUT2D eigenvalue weighted by Crippen LogP contribution is 2.45. The molecule has 0 saturated carbocycles. The molecule has 0 aromatic heterocycles. The molecule has 4 heterocycles. The summed E-state index contributed by atoms with van der Waals surface area (Å²) in [5, 5.41) is 14.7. The van der Waals surface area contributed by atoms with Gasteiger partial charge in [0.05, 0.1) is 13.2 Å². The van der Waals surface area contributed by atoms with E-state index in [0.29, 0.717) is 17.8 Å². The van der Waals surface area contributed by atoms with Crippen LogP contribution in [0.5, 0.6) is 5.75 Å². The largest absolute Gasteiger partial charge is 0.497 e. The smallest absolute Gasteiger partial charge is 0.119 e. The summed E-state index contributed by atoms with van der Waals surface area (Å²) in [6.07, 6.45) is 11.0. The summed E-state index contributed by atoms with van der Waals surface area (Å²) in [6, 6.07) is 6.12. The number of fused-ring (bicyclic) bond motifs is 4. The van der Waals surface area contributed by atoms with Crippen molar-refractivity contribution in [1.29, 1.82) is 0 Å². The molecule has 2 bridgehead atoms. The monoisotopic (exact) mass is 364 g/mol. The molecule has 1 aromatic rings. The van der Waals surface area contributed by atoms with Crippen LogP contribution in [0.1, 0.15) is 18.4 Å². The maximum Gasteiger partial charge on any atom is 0.119 e. The molecule has 142 valence electrons. The van der Waals surface area contributed by atoms with Crippen LogP contribution >= 0.6 is 0 Å². The summed E-state index contributed by atoms with van der Waals surface area (Å²) in [5.74, 6) is 5.13. The maximum absolute atomic E-state index is 11.4. The van der Waals surface area contributed by atoms with E-state index >= 15 is 0 Å². The number of benzene rings is 1. The van der Waals surface area contributed by atoms with Crippen LogP contribution in [0.4, 0.5) is 5.69 Å². The number of aliphatic hydroxyl groups is 1. The van der Waals surface area contributed by atoms with E-state index in [2.05, 4.69) is 34.9 Å². The van der Waals surface area contributed by atoms with Crippen molar-refractivity contribution in [3.8, 4) is 18.1 Å². The lowest BCUT2D eigenvalue weighted by Gasteiger charge is -2.54. The predicted octanol–water partition coefficient (Wildman–Crippen LogP) is 3.01. The zero-order valence-electron chi connectivity index (χ0n) is 15.9. The van der Waals surface area contributed by atoms with E-state index in [1.807, 2.05) is 18.2 Å². The number of terminal acetylenes is 1. The van der Waals surface area contributed by atoms with Gasteiger partial charge in [0.2, 0.25) is 0 Å². The number of ether oxygens (including phenoxy) is 1. The van der Waals surface area contributed by atoms with Crippen molar-refractivity contribution in [2.75, 3.05) is 32.1 Å². The standard InChI is InChI=1S/C23H28N2O2/c1-4-6-16-14-25-13-15(5-2)19(16)12-22(25)23(26)18-9-10-24-21-8-7-17(27-3)11-20(18)21/h1,5,7-9,11,15-16,19,22-24,26H,2,6,10,12-14H2,3H3/t15-,16?,19?,22-,23+/m0/s1. The Morgan fingerprint density at radius 2 is 2.33 bits per heavy atom. The fourth-order valence-corrected chi connectivity index (χ4v) is 5.19. The normalized spacial score (nSPS) is 32.5. The minimum absolute atomic E-state index is 0.128. The topological polar surface area (TPSA) is 44.7 Å². The molecular formula is C23H28N2O2. The zero-order valence-corrected chi connectivity index (χ0v) is 15.9. The minimum Gasteiger partial charge on any atom is -0.497 e.